The maximum Gasteiger partial charge on any atom is 0.290 e. The van der Waals surface area contributed by atoms with Gasteiger partial charge in [0.05, 0.1) is 6.04 Å². The predicted octanol–water partition coefficient (Wildman–Crippen LogP) is 5.95. The number of aliphatic hydroxyl groups is 1. The number of carbonyl (C=O) groups is 1. The minimum Gasteiger partial charge on any atom is -0.503 e. The first-order valence-electron chi connectivity index (χ1n) is 9.25. The second kappa shape index (κ2) is 7.84. The molecule has 1 aliphatic heterocycles. The molecule has 1 atom stereocenters. The number of rotatable bonds is 4. The molecule has 0 saturated carbocycles. The molecule has 1 amide bonds. The van der Waals surface area contributed by atoms with E-state index < -0.39 is 11.9 Å². The second-order valence-corrected chi connectivity index (χ2v) is 8.06. The summed E-state index contributed by atoms with van der Waals surface area (Å²) >= 11 is 3.50. The SMILES string of the molecule is Cc1ccc(C2=C(O)C(=O)N(Cc3ccc(F)cc3)[C@H]2c2cccc(Br)c2)cc1. The van der Waals surface area contributed by atoms with Gasteiger partial charge in [-0.15, -0.1) is 0 Å². The smallest absolute Gasteiger partial charge is 0.290 e. The molecule has 0 fully saturated rings. The van der Waals surface area contributed by atoms with Crippen molar-refractivity contribution in [2.45, 2.75) is 19.5 Å². The summed E-state index contributed by atoms with van der Waals surface area (Å²) in [5, 5.41) is 10.8. The van der Waals surface area contributed by atoms with E-state index >= 15 is 0 Å². The lowest BCUT2D eigenvalue weighted by Gasteiger charge is -2.27. The van der Waals surface area contributed by atoms with Crippen molar-refractivity contribution in [3.63, 3.8) is 0 Å². The van der Waals surface area contributed by atoms with Gasteiger partial charge in [-0.3, -0.25) is 4.79 Å². The van der Waals surface area contributed by atoms with E-state index in [0.29, 0.717) is 5.57 Å². The number of benzene rings is 3. The molecule has 29 heavy (non-hydrogen) atoms. The Morgan fingerprint density at radius 3 is 2.38 bits per heavy atom. The largest absolute Gasteiger partial charge is 0.503 e. The van der Waals surface area contributed by atoms with Crippen LogP contribution in [-0.2, 0) is 11.3 Å². The molecular formula is C24H19BrFNO2. The average molecular weight is 452 g/mol. The number of aryl methyl sites for hydroxylation is 1. The van der Waals surface area contributed by atoms with E-state index in [9.17, 15) is 14.3 Å². The zero-order valence-corrected chi connectivity index (χ0v) is 17.4. The lowest BCUT2D eigenvalue weighted by Crippen LogP contribution is -2.29. The number of amides is 1. The molecule has 3 nitrogen and oxygen atoms in total. The van der Waals surface area contributed by atoms with E-state index in [-0.39, 0.29) is 18.1 Å². The van der Waals surface area contributed by atoms with E-state index in [1.165, 1.54) is 12.1 Å². The molecule has 4 rings (SSSR count). The summed E-state index contributed by atoms with van der Waals surface area (Å²) in [4.78, 5) is 14.7. The molecule has 0 bridgehead atoms. The molecule has 1 aliphatic rings. The number of halogens is 2. The monoisotopic (exact) mass is 451 g/mol. The standard InChI is InChI=1S/C24H19BrFNO2/c1-15-5-9-17(10-6-15)21-22(18-3-2-4-19(25)13-18)27(24(29)23(21)28)14-16-7-11-20(26)12-8-16/h2-13,22,28H,14H2,1H3/t22-/m0/s1. The molecule has 146 valence electrons. The van der Waals surface area contributed by atoms with Crippen molar-refractivity contribution in [1.29, 1.82) is 0 Å². The van der Waals surface area contributed by atoms with Crippen molar-refractivity contribution < 1.29 is 14.3 Å². The summed E-state index contributed by atoms with van der Waals surface area (Å²) in [7, 11) is 0. The first kappa shape index (κ1) is 19.4. The molecule has 1 N–H and O–H groups in total. The van der Waals surface area contributed by atoms with Gasteiger partial charge in [0.1, 0.15) is 5.82 Å². The first-order valence-corrected chi connectivity index (χ1v) is 10.0. The fourth-order valence-electron chi connectivity index (χ4n) is 3.65. The highest BCUT2D eigenvalue weighted by molar-refractivity contribution is 9.10. The predicted molar refractivity (Wildman–Crippen MR) is 115 cm³/mol. The quantitative estimate of drug-likeness (QED) is 0.532. The van der Waals surface area contributed by atoms with Crippen molar-refractivity contribution in [1.82, 2.24) is 4.90 Å². The Morgan fingerprint density at radius 1 is 1.03 bits per heavy atom. The fourth-order valence-corrected chi connectivity index (χ4v) is 4.07. The second-order valence-electron chi connectivity index (χ2n) is 7.15. The summed E-state index contributed by atoms with van der Waals surface area (Å²) < 4.78 is 14.2. The Bertz CT molecular complexity index is 1090. The molecular weight excluding hydrogens is 433 g/mol. The lowest BCUT2D eigenvalue weighted by atomic mass is 9.93. The zero-order chi connectivity index (χ0) is 20.5. The van der Waals surface area contributed by atoms with Gasteiger partial charge in [-0.1, -0.05) is 70.0 Å². The number of aliphatic hydroxyl groups excluding tert-OH is 1. The maximum absolute atomic E-state index is 13.3. The minimum atomic E-state index is -0.451. The topological polar surface area (TPSA) is 40.5 Å². The normalized spacial score (nSPS) is 16.6. The third-order valence-electron chi connectivity index (χ3n) is 5.10. The van der Waals surface area contributed by atoms with E-state index in [0.717, 1.165) is 26.7 Å². The van der Waals surface area contributed by atoms with E-state index in [4.69, 9.17) is 0 Å². The molecule has 0 spiro atoms. The van der Waals surface area contributed by atoms with Gasteiger partial charge in [0.15, 0.2) is 5.76 Å². The highest BCUT2D eigenvalue weighted by Gasteiger charge is 2.41. The van der Waals surface area contributed by atoms with Gasteiger partial charge in [0.2, 0.25) is 0 Å². The summed E-state index contributed by atoms with van der Waals surface area (Å²) in [6.07, 6.45) is 0. The number of hydrogen-bond acceptors (Lipinski definition) is 2. The minimum absolute atomic E-state index is 0.249. The fraction of sp³-hybridized carbons (Fsp3) is 0.125. The van der Waals surface area contributed by atoms with Crippen LogP contribution in [0.5, 0.6) is 0 Å². The Morgan fingerprint density at radius 2 is 1.72 bits per heavy atom. The summed E-state index contributed by atoms with van der Waals surface area (Å²) in [5.74, 6) is -1.01. The van der Waals surface area contributed by atoms with Crippen LogP contribution in [0.1, 0.15) is 28.3 Å². The van der Waals surface area contributed by atoms with Gasteiger partial charge < -0.3 is 10.0 Å². The molecule has 0 aromatic heterocycles. The van der Waals surface area contributed by atoms with Crippen LogP contribution < -0.4 is 0 Å². The van der Waals surface area contributed by atoms with E-state index in [1.807, 2.05) is 55.5 Å². The maximum atomic E-state index is 13.3. The van der Waals surface area contributed by atoms with Crippen molar-refractivity contribution >= 4 is 27.4 Å². The van der Waals surface area contributed by atoms with Crippen LogP contribution in [0.3, 0.4) is 0 Å². The molecule has 3 aromatic carbocycles. The van der Waals surface area contributed by atoms with Crippen LogP contribution in [-0.4, -0.2) is 15.9 Å². The van der Waals surface area contributed by atoms with Gasteiger partial charge in [-0.05, 0) is 47.9 Å². The van der Waals surface area contributed by atoms with Crippen LogP contribution in [0, 0.1) is 12.7 Å². The zero-order valence-electron chi connectivity index (χ0n) is 15.8. The highest BCUT2D eigenvalue weighted by Crippen LogP contribution is 2.44. The van der Waals surface area contributed by atoms with Crippen LogP contribution in [0.15, 0.2) is 83.0 Å². The molecule has 0 radical (unpaired) electrons. The van der Waals surface area contributed by atoms with Gasteiger partial charge in [0, 0.05) is 16.6 Å². The van der Waals surface area contributed by atoms with Crippen molar-refractivity contribution in [3.8, 4) is 0 Å². The Labute approximate surface area is 177 Å². The van der Waals surface area contributed by atoms with Crippen LogP contribution in [0.4, 0.5) is 4.39 Å². The van der Waals surface area contributed by atoms with E-state index in [2.05, 4.69) is 15.9 Å². The lowest BCUT2D eigenvalue weighted by molar-refractivity contribution is -0.130. The molecule has 5 heteroatoms. The highest BCUT2D eigenvalue weighted by atomic mass is 79.9. The molecule has 1 heterocycles. The van der Waals surface area contributed by atoms with Crippen LogP contribution in [0.2, 0.25) is 0 Å². The Kier molecular flexibility index (Phi) is 5.24. The number of carbonyl (C=O) groups excluding carboxylic acids is 1. The summed E-state index contributed by atoms with van der Waals surface area (Å²) in [5.41, 5.74) is 4.15. The van der Waals surface area contributed by atoms with Crippen LogP contribution in [0.25, 0.3) is 5.57 Å². The van der Waals surface area contributed by atoms with Crippen molar-refractivity contribution in [2.75, 3.05) is 0 Å². The Hall–Kier alpha value is -2.92. The molecule has 0 saturated heterocycles. The molecule has 3 aromatic rings. The average Bonchev–Trinajstić information content (AvgIpc) is 2.95. The number of nitrogens with zero attached hydrogens (tertiary/aromatic N) is 1. The van der Waals surface area contributed by atoms with Gasteiger partial charge in [-0.2, -0.15) is 0 Å². The van der Waals surface area contributed by atoms with Gasteiger partial charge >= 0.3 is 0 Å². The summed E-state index contributed by atoms with van der Waals surface area (Å²) in [6, 6.07) is 21.1. The number of hydrogen-bond donors (Lipinski definition) is 1. The van der Waals surface area contributed by atoms with Crippen molar-refractivity contribution in [2.24, 2.45) is 0 Å². The third-order valence-corrected chi connectivity index (χ3v) is 5.59. The molecule has 0 unspecified atom stereocenters. The van der Waals surface area contributed by atoms with Gasteiger partial charge in [0.25, 0.3) is 5.91 Å². The van der Waals surface area contributed by atoms with Crippen LogP contribution >= 0.6 is 15.9 Å². The summed E-state index contributed by atoms with van der Waals surface area (Å²) in [6.45, 7) is 2.25. The van der Waals surface area contributed by atoms with E-state index in [1.54, 1.807) is 17.0 Å². The first-order chi connectivity index (χ1) is 13.9. The Balaban J connectivity index is 1.81. The third kappa shape index (κ3) is 3.83. The van der Waals surface area contributed by atoms with Crippen molar-refractivity contribution in [3.05, 3.63) is 111 Å². The molecule has 0 aliphatic carbocycles. The van der Waals surface area contributed by atoms with Gasteiger partial charge in [-0.25, -0.2) is 4.39 Å².